The first-order valence-electron chi connectivity index (χ1n) is 9.04. The van der Waals surface area contributed by atoms with Gasteiger partial charge in [0.2, 0.25) is 0 Å². The molecule has 3 N–H and O–H groups in total. The first-order valence-corrected chi connectivity index (χ1v) is 12.2. The Morgan fingerprint density at radius 1 is 0.862 bits per heavy atom. The zero-order chi connectivity index (χ0) is 21.9. The predicted octanol–water partition coefficient (Wildman–Crippen LogP) is 5.89. The molecule has 0 heterocycles. The molecule has 0 amide bonds. The zero-order valence-electron chi connectivity index (χ0n) is 16.3. The van der Waals surface area contributed by atoms with Crippen LogP contribution in [0.25, 0.3) is 0 Å². The Labute approximate surface area is 205 Å². The highest BCUT2D eigenvalue weighted by Crippen LogP contribution is 2.43. The summed E-state index contributed by atoms with van der Waals surface area (Å²) in [6.45, 7) is 5.87. The maximum Gasteiger partial charge on any atom is 0.147 e. The van der Waals surface area contributed by atoms with Crippen LogP contribution in [-0.2, 0) is 5.41 Å². The van der Waals surface area contributed by atoms with Crippen molar-refractivity contribution in [1.82, 2.24) is 0 Å². The molecule has 0 spiro atoms. The van der Waals surface area contributed by atoms with E-state index in [1.807, 2.05) is 24.3 Å². The number of hydrogen-bond acceptors (Lipinski definition) is 4. The minimum Gasteiger partial charge on any atom is -0.489 e. The van der Waals surface area contributed by atoms with Crippen LogP contribution in [0.3, 0.4) is 0 Å². The van der Waals surface area contributed by atoms with Crippen molar-refractivity contribution in [3.05, 3.63) is 58.8 Å². The van der Waals surface area contributed by atoms with Gasteiger partial charge in [0, 0.05) is 20.3 Å². The summed E-state index contributed by atoms with van der Waals surface area (Å²) in [5.74, 6) is 0.293. The molecule has 0 bridgehead atoms. The lowest BCUT2D eigenvalue weighted by atomic mass is 9.77. The number of aliphatic hydroxyl groups is 3. The van der Waals surface area contributed by atoms with Crippen molar-refractivity contribution in [2.24, 2.45) is 0 Å². The third-order valence-corrected chi connectivity index (χ3v) is 7.33. The Morgan fingerprint density at radius 2 is 1.28 bits per heavy atom. The standard InChI is InChI=1S/C21H24Br4O4/c1-11(28)10-29-20-17(24)6-14(7-18(20)25)21(2,3)13-4-15(22)19(16(23)5-13)12(8-26)9-27/h4-7,11-12,26-28H,8-10H2,1-3H3. The molecule has 0 aliphatic rings. The normalized spacial score (nSPS) is 13.1. The summed E-state index contributed by atoms with van der Waals surface area (Å²) >= 11 is 14.4. The van der Waals surface area contributed by atoms with E-state index in [1.165, 1.54) is 0 Å². The molecule has 0 saturated heterocycles. The van der Waals surface area contributed by atoms with Crippen molar-refractivity contribution in [2.45, 2.75) is 38.2 Å². The highest BCUT2D eigenvalue weighted by Gasteiger charge is 2.28. The van der Waals surface area contributed by atoms with Gasteiger partial charge < -0.3 is 20.1 Å². The molecule has 1 unspecified atom stereocenters. The second-order valence-electron chi connectivity index (χ2n) is 7.47. The van der Waals surface area contributed by atoms with Gasteiger partial charge in [-0.15, -0.1) is 0 Å². The van der Waals surface area contributed by atoms with E-state index >= 15 is 0 Å². The monoisotopic (exact) mass is 656 g/mol. The molecule has 1 atom stereocenters. The molecule has 0 saturated carbocycles. The van der Waals surface area contributed by atoms with Crippen molar-refractivity contribution in [2.75, 3.05) is 19.8 Å². The van der Waals surface area contributed by atoms with Crippen LogP contribution >= 0.6 is 63.7 Å². The molecule has 0 fully saturated rings. The SMILES string of the molecule is CC(O)COc1c(Br)cc(C(C)(C)c2cc(Br)c(C(CO)CO)c(Br)c2)cc1Br. The average molecular weight is 660 g/mol. The summed E-state index contributed by atoms with van der Waals surface area (Å²) in [5.41, 5.74) is 2.63. The number of ether oxygens (including phenoxy) is 1. The lowest BCUT2D eigenvalue weighted by Gasteiger charge is -2.29. The smallest absolute Gasteiger partial charge is 0.147 e. The van der Waals surface area contributed by atoms with E-state index in [9.17, 15) is 15.3 Å². The Hall–Kier alpha value is 0.0400. The molecule has 2 aromatic rings. The highest BCUT2D eigenvalue weighted by molar-refractivity contribution is 9.11. The molecule has 0 radical (unpaired) electrons. The number of benzene rings is 2. The largest absolute Gasteiger partial charge is 0.489 e. The topological polar surface area (TPSA) is 69.9 Å². The van der Waals surface area contributed by atoms with Crippen LogP contribution < -0.4 is 4.74 Å². The van der Waals surface area contributed by atoms with Crippen LogP contribution in [0.1, 0.15) is 43.4 Å². The second-order valence-corrected chi connectivity index (χ2v) is 10.9. The molecule has 0 aliphatic heterocycles. The molecule has 160 valence electrons. The van der Waals surface area contributed by atoms with Gasteiger partial charge in [-0.25, -0.2) is 0 Å². The number of hydrogen-bond donors (Lipinski definition) is 3. The Morgan fingerprint density at radius 3 is 1.66 bits per heavy atom. The summed E-state index contributed by atoms with van der Waals surface area (Å²) in [4.78, 5) is 0. The fourth-order valence-corrected chi connectivity index (χ4v) is 6.25. The van der Waals surface area contributed by atoms with Gasteiger partial charge in [0.05, 0.1) is 28.3 Å². The van der Waals surface area contributed by atoms with Crippen molar-refractivity contribution in [3.63, 3.8) is 0 Å². The average Bonchev–Trinajstić information content (AvgIpc) is 2.63. The van der Waals surface area contributed by atoms with Crippen LogP contribution in [0.15, 0.2) is 42.2 Å². The zero-order valence-corrected chi connectivity index (χ0v) is 22.7. The van der Waals surface area contributed by atoms with Gasteiger partial charge in [-0.3, -0.25) is 0 Å². The van der Waals surface area contributed by atoms with E-state index in [0.717, 1.165) is 34.6 Å². The van der Waals surface area contributed by atoms with E-state index in [2.05, 4.69) is 77.6 Å². The molecule has 0 aliphatic carbocycles. The van der Waals surface area contributed by atoms with E-state index in [0.29, 0.717) is 5.75 Å². The number of rotatable bonds is 8. The highest BCUT2D eigenvalue weighted by atomic mass is 79.9. The minimum absolute atomic E-state index is 0.135. The molecule has 0 aromatic heterocycles. The second kappa shape index (κ2) is 10.6. The first kappa shape index (κ1) is 25.3. The van der Waals surface area contributed by atoms with Gasteiger partial charge in [0.1, 0.15) is 12.4 Å². The molecular formula is C21H24Br4O4. The summed E-state index contributed by atoms with van der Waals surface area (Å²) in [6.07, 6.45) is -0.556. The predicted molar refractivity (Wildman–Crippen MR) is 130 cm³/mol. The van der Waals surface area contributed by atoms with Crippen molar-refractivity contribution < 1.29 is 20.1 Å². The maximum absolute atomic E-state index is 9.56. The van der Waals surface area contributed by atoms with Crippen molar-refractivity contribution in [3.8, 4) is 5.75 Å². The van der Waals surface area contributed by atoms with E-state index in [1.54, 1.807) is 6.92 Å². The molecule has 2 aromatic carbocycles. The van der Waals surface area contributed by atoms with Gasteiger partial charge in [0.15, 0.2) is 0 Å². The number of aliphatic hydroxyl groups excluding tert-OH is 3. The van der Waals surface area contributed by atoms with Gasteiger partial charge >= 0.3 is 0 Å². The van der Waals surface area contributed by atoms with E-state index < -0.39 is 6.10 Å². The third kappa shape index (κ3) is 5.84. The van der Waals surface area contributed by atoms with Crippen molar-refractivity contribution in [1.29, 1.82) is 0 Å². The van der Waals surface area contributed by atoms with Crippen LogP contribution in [0.4, 0.5) is 0 Å². The third-order valence-electron chi connectivity index (χ3n) is 4.84. The Bertz CT molecular complexity index is 818. The lowest BCUT2D eigenvalue weighted by molar-refractivity contribution is 0.122. The van der Waals surface area contributed by atoms with E-state index in [-0.39, 0.29) is 31.2 Å². The summed E-state index contributed by atoms with van der Waals surface area (Å²) < 4.78 is 8.96. The molecule has 8 heteroatoms. The molecular weight excluding hydrogens is 636 g/mol. The number of halogens is 4. The lowest BCUT2D eigenvalue weighted by Crippen LogP contribution is -2.20. The summed E-state index contributed by atoms with van der Waals surface area (Å²) in [5, 5.41) is 28.6. The van der Waals surface area contributed by atoms with Crippen LogP contribution in [0, 0.1) is 0 Å². The minimum atomic E-state index is -0.556. The van der Waals surface area contributed by atoms with Gasteiger partial charge in [-0.05, 0) is 79.7 Å². The Kier molecular flexibility index (Phi) is 9.22. The maximum atomic E-state index is 9.56. The van der Waals surface area contributed by atoms with Gasteiger partial charge in [-0.1, -0.05) is 45.7 Å². The molecule has 4 nitrogen and oxygen atoms in total. The van der Waals surface area contributed by atoms with Crippen LogP contribution in [0.2, 0.25) is 0 Å². The summed E-state index contributed by atoms with van der Waals surface area (Å²) in [7, 11) is 0. The van der Waals surface area contributed by atoms with Crippen molar-refractivity contribution >= 4 is 63.7 Å². The quantitative estimate of drug-likeness (QED) is 0.331. The Balaban J connectivity index is 2.47. The first-order chi connectivity index (χ1) is 13.5. The fourth-order valence-electron chi connectivity index (χ4n) is 3.00. The van der Waals surface area contributed by atoms with Gasteiger partial charge in [0.25, 0.3) is 0 Å². The fraction of sp³-hybridized carbons (Fsp3) is 0.429. The molecule has 2 rings (SSSR count). The van der Waals surface area contributed by atoms with Gasteiger partial charge in [-0.2, -0.15) is 0 Å². The summed E-state index contributed by atoms with van der Waals surface area (Å²) in [6, 6.07) is 8.08. The van der Waals surface area contributed by atoms with Crippen LogP contribution in [0.5, 0.6) is 5.75 Å². The van der Waals surface area contributed by atoms with Crippen LogP contribution in [-0.4, -0.2) is 41.2 Å². The molecule has 29 heavy (non-hydrogen) atoms. The van der Waals surface area contributed by atoms with E-state index in [4.69, 9.17) is 4.74 Å².